The van der Waals surface area contributed by atoms with Crippen LogP contribution in [-0.2, 0) is 15.4 Å². The van der Waals surface area contributed by atoms with E-state index in [2.05, 4.69) is 72.0 Å². The second-order valence-electron chi connectivity index (χ2n) is 14.0. The topological polar surface area (TPSA) is 129 Å². The lowest BCUT2D eigenvalue weighted by Gasteiger charge is -2.34. The minimum Gasteiger partial charge on any atom is -0.362 e. The van der Waals surface area contributed by atoms with Crippen LogP contribution in [0.5, 0.6) is 0 Å². The second kappa shape index (κ2) is 11.8. The lowest BCUT2D eigenvalue weighted by molar-refractivity contribution is 0.0981. The molecule has 1 amide bonds. The Morgan fingerprint density at radius 2 is 1.78 bits per heavy atom. The third-order valence-electron chi connectivity index (χ3n) is 9.04. The van der Waals surface area contributed by atoms with Crippen molar-refractivity contribution in [1.82, 2.24) is 25.0 Å². The van der Waals surface area contributed by atoms with Crippen LogP contribution in [0, 0.1) is 5.92 Å². The molecule has 2 atom stereocenters. The quantitative estimate of drug-likeness (QED) is 0.350. The monoisotopic (exact) mass is 629 g/mol. The van der Waals surface area contributed by atoms with E-state index in [9.17, 15) is 13.2 Å². The first-order valence-electron chi connectivity index (χ1n) is 15.8. The van der Waals surface area contributed by atoms with Gasteiger partial charge in [-0.25, -0.2) is 14.7 Å². The number of nitrogens with zero attached hydrogens (tertiary/aromatic N) is 4. The van der Waals surface area contributed by atoms with Crippen LogP contribution in [0.15, 0.2) is 59.6 Å². The fourth-order valence-corrected chi connectivity index (χ4v) is 7.57. The highest BCUT2D eigenvalue weighted by Crippen LogP contribution is 2.41. The lowest BCUT2D eigenvalue weighted by Crippen LogP contribution is -2.41. The first kappa shape index (κ1) is 31.2. The summed E-state index contributed by atoms with van der Waals surface area (Å²) in [4.78, 5) is 30.4. The molecule has 0 aromatic carbocycles. The van der Waals surface area contributed by atoms with E-state index in [1.54, 1.807) is 18.2 Å². The van der Waals surface area contributed by atoms with Gasteiger partial charge < -0.3 is 15.5 Å². The van der Waals surface area contributed by atoms with Crippen molar-refractivity contribution < 1.29 is 13.2 Å². The third kappa shape index (κ3) is 6.60. The van der Waals surface area contributed by atoms with Crippen LogP contribution in [0.4, 0.5) is 11.6 Å². The summed E-state index contributed by atoms with van der Waals surface area (Å²) in [7, 11) is -4.28. The molecular weight excluding hydrogens is 586 g/mol. The normalized spacial score (nSPS) is 23.1. The van der Waals surface area contributed by atoms with E-state index in [1.807, 2.05) is 18.2 Å². The Morgan fingerprint density at radius 1 is 0.978 bits per heavy atom. The maximum absolute atomic E-state index is 13.7. The molecule has 6 rings (SSSR count). The Morgan fingerprint density at radius 3 is 2.53 bits per heavy atom. The van der Waals surface area contributed by atoms with Crippen LogP contribution in [0.1, 0.15) is 93.8 Å². The van der Waals surface area contributed by atoms with Gasteiger partial charge in [-0.05, 0) is 94.0 Å². The van der Waals surface area contributed by atoms with E-state index in [0.717, 1.165) is 55.9 Å². The molecule has 6 heterocycles. The maximum atomic E-state index is 13.7. The minimum absolute atomic E-state index is 0.201. The van der Waals surface area contributed by atoms with Crippen molar-refractivity contribution in [2.45, 2.75) is 82.3 Å². The van der Waals surface area contributed by atoms with Crippen molar-refractivity contribution in [3.8, 4) is 0 Å². The number of aromatic nitrogens is 3. The summed E-state index contributed by atoms with van der Waals surface area (Å²) in [6.45, 7) is 13.0. The highest BCUT2D eigenvalue weighted by atomic mass is 32.2. The number of sulfonamides is 1. The fraction of sp³-hybridized carbons (Fsp3) is 0.471. The standard InChI is InChI=1S/C34H43N7O3S/c1-33(2,3)28-15-13-24-31(38-28)41-21-22(20-34(41,4)5)12-14-27(26-9-6-8-25(36-26)23-16-18-35-19-17-23)37-29-10-7-11-30(39-29)45(43,44)40-32(24)42/h6-11,13,15-16,22,27,35H,12,14,17-21H2,1-5H3,(H,37,39)(H,40,42)/t22-,27+/m0/s1. The van der Waals surface area contributed by atoms with Crippen LogP contribution >= 0.6 is 0 Å². The number of nitrogens with one attached hydrogen (secondary N) is 3. The highest BCUT2D eigenvalue weighted by Gasteiger charge is 2.41. The van der Waals surface area contributed by atoms with Gasteiger partial charge in [0.2, 0.25) is 0 Å². The van der Waals surface area contributed by atoms with Gasteiger partial charge in [-0.3, -0.25) is 9.78 Å². The molecular formula is C34H43N7O3S. The van der Waals surface area contributed by atoms with Crippen LogP contribution in [-0.4, -0.2) is 54.5 Å². The van der Waals surface area contributed by atoms with Crippen LogP contribution in [0.3, 0.4) is 0 Å². The van der Waals surface area contributed by atoms with Gasteiger partial charge in [0.1, 0.15) is 11.6 Å². The average molecular weight is 630 g/mol. The number of hydrogen-bond donors (Lipinski definition) is 3. The minimum atomic E-state index is -4.28. The molecule has 10 nitrogen and oxygen atoms in total. The van der Waals surface area contributed by atoms with Crippen molar-refractivity contribution in [3.05, 3.63) is 77.3 Å². The molecule has 11 heteroatoms. The predicted octanol–water partition coefficient (Wildman–Crippen LogP) is 5.22. The van der Waals surface area contributed by atoms with Gasteiger partial charge in [0.05, 0.1) is 23.0 Å². The van der Waals surface area contributed by atoms with E-state index >= 15 is 0 Å². The Bertz CT molecular complexity index is 1750. The number of fused-ring (bicyclic) bond motifs is 6. The zero-order chi connectivity index (χ0) is 32.0. The molecule has 0 aliphatic carbocycles. The second-order valence-corrected chi connectivity index (χ2v) is 15.6. The lowest BCUT2D eigenvalue weighted by atomic mass is 9.90. The average Bonchev–Trinajstić information content (AvgIpc) is 3.32. The van der Waals surface area contributed by atoms with Crippen LogP contribution in [0.2, 0.25) is 0 Å². The summed E-state index contributed by atoms with van der Waals surface area (Å²) in [6.07, 6.45) is 5.68. The first-order valence-corrected chi connectivity index (χ1v) is 17.3. The Labute approximate surface area is 266 Å². The molecule has 238 valence electrons. The van der Waals surface area contributed by atoms with Gasteiger partial charge in [-0.1, -0.05) is 39.0 Å². The summed E-state index contributed by atoms with van der Waals surface area (Å²) in [5, 5.41) is 6.62. The van der Waals surface area contributed by atoms with Gasteiger partial charge in [0.15, 0.2) is 5.03 Å². The van der Waals surface area contributed by atoms with E-state index in [-0.39, 0.29) is 27.6 Å². The number of amides is 1. The molecule has 3 aliphatic heterocycles. The molecule has 0 saturated carbocycles. The van der Waals surface area contributed by atoms with Crippen molar-refractivity contribution in [2.24, 2.45) is 5.92 Å². The van der Waals surface area contributed by atoms with Gasteiger partial charge in [-0.15, -0.1) is 0 Å². The number of pyridine rings is 3. The van der Waals surface area contributed by atoms with E-state index in [1.165, 1.54) is 11.6 Å². The van der Waals surface area contributed by atoms with Crippen LogP contribution < -0.4 is 20.3 Å². The van der Waals surface area contributed by atoms with E-state index in [0.29, 0.717) is 24.1 Å². The largest absolute Gasteiger partial charge is 0.362 e. The van der Waals surface area contributed by atoms with Crippen molar-refractivity contribution >= 4 is 33.1 Å². The predicted molar refractivity (Wildman–Crippen MR) is 177 cm³/mol. The first-order chi connectivity index (χ1) is 21.3. The molecule has 3 aromatic rings. The number of anilines is 2. The molecule has 3 N–H and O–H groups in total. The molecule has 45 heavy (non-hydrogen) atoms. The molecule has 3 aliphatic rings. The Kier molecular flexibility index (Phi) is 8.19. The highest BCUT2D eigenvalue weighted by molar-refractivity contribution is 7.90. The zero-order valence-corrected chi connectivity index (χ0v) is 27.5. The zero-order valence-electron chi connectivity index (χ0n) is 26.7. The van der Waals surface area contributed by atoms with Gasteiger partial charge in [0, 0.05) is 29.7 Å². The number of hydrogen-bond acceptors (Lipinski definition) is 9. The van der Waals surface area contributed by atoms with E-state index in [4.69, 9.17) is 9.97 Å². The molecule has 3 aromatic heterocycles. The SMILES string of the molecule is CC(C)(C)c1ccc2c(n1)N1C[C@@H](CC[C@H](c3cccc(C4=CCNCC4)n3)Nc3cccc(n3)S(=O)(=O)NC2=O)CC1(C)C. The maximum Gasteiger partial charge on any atom is 0.281 e. The van der Waals surface area contributed by atoms with Gasteiger partial charge in [-0.2, -0.15) is 8.42 Å². The fourth-order valence-electron chi connectivity index (χ4n) is 6.63. The summed E-state index contributed by atoms with van der Waals surface area (Å²) in [5.74, 6) is 0.518. The number of carbonyl (C=O) groups is 1. The number of carbonyl (C=O) groups excluding carboxylic acids is 1. The van der Waals surface area contributed by atoms with Crippen molar-refractivity contribution in [1.29, 1.82) is 0 Å². The van der Waals surface area contributed by atoms with Gasteiger partial charge in [0.25, 0.3) is 15.9 Å². The van der Waals surface area contributed by atoms with Gasteiger partial charge >= 0.3 is 0 Å². The molecule has 4 bridgehead atoms. The third-order valence-corrected chi connectivity index (χ3v) is 10.3. The molecule has 0 spiro atoms. The number of rotatable bonds is 2. The summed E-state index contributed by atoms with van der Waals surface area (Å²) in [6, 6.07) is 14.2. The Hall–Kier alpha value is -3.83. The van der Waals surface area contributed by atoms with E-state index < -0.39 is 15.9 Å². The molecule has 1 fully saturated rings. The van der Waals surface area contributed by atoms with Crippen LogP contribution in [0.25, 0.3) is 5.57 Å². The molecule has 0 unspecified atom stereocenters. The molecule has 0 radical (unpaired) electrons. The van der Waals surface area contributed by atoms with Crippen molar-refractivity contribution in [2.75, 3.05) is 29.9 Å². The summed E-state index contributed by atoms with van der Waals surface area (Å²) in [5.41, 5.74) is 3.59. The smallest absolute Gasteiger partial charge is 0.281 e. The summed E-state index contributed by atoms with van der Waals surface area (Å²) < 4.78 is 29.3. The Balaban J connectivity index is 1.43. The van der Waals surface area contributed by atoms with Crippen molar-refractivity contribution in [3.63, 3.8) is 0 Å². The molecule has 1 saturated heterocycles. The summed E-state index contributed by atoms with van der Waals surface area (Å²) >= 11 is 0.